The molecule has 3 saturated carbocycles. The second-order valence-corrected chi connectivity index (χ2v) is 22.1. The van der Waals surface area contributed by atoms with Gasteiger partial charge in [0.25, 0.3) is 5.92 Å². The van der Waals surface area contributed by atoms with Gasteiger partial charge in [-0.2, -0.15) is 8.78 Å². The third-order valence-electron chi connectivity index (χ3n) is 17.0. The molecular formula is C57H60F2N8O6. The zero-order chi connectivity index (χ0) is 50.7. The Hall–Kier alpha value is -7.10. The fraction of sp³-hybridized carbons (Fsp3) is 0.439. The van der Waals surface area contributed by atoms with Gasteiger partial charge in [-0.05, 0) is 126 Å². The zero-order valence-electron chi connectivity index (χ0n) is 41.6. The third kappa shape index (κ3) is 8.11. The quantitative estimate of drug-likeness (QED) is 0.0937. The average Bonchev–Trinajstić information content (AvgIpc) is 3.82. The number of benzene rings is 4. The molecular weight excluding hydrogens is 931 g/mol. The van der Waals surface area contributed by atoms with E-state index in [4.69, 9.17) is 19.4 Å². The molecule has 0 radical (unpaired) electrons. The highest BCUT2D eigenvalue weighted by molar-refractivity contribution is 5.89. The first kappa shape index (κ1) is 46.9. The van der Waals surface area contributed by atoms with Crippen LogP contribution in [0.1, 0.15) is 107 Å². The largest absolute Gasteiger partial charge is 0.453 e. The maximum Gasteiger partial charge on any atom is 0.408 e. The summed E-state index contributed by atoms with van der Waals surface area (Å²) in [7, 11) is 1.29. The molecule has 4 amide bonds. The number of carbonyl (C=O) groups excluding carboxylic acids is 4. The molecule has 2 saturated heterocycles. The summed E-state index contributed by atoms with van der Waals surface area (Å²) in [6, 6.07) is 23.2. The second-order valence-electron chi connectivity index (χ2n) is 22.1. The maximum atomic E-state index is 16.8. The van der Waals surface area contributed by atoms with Gasteiger partial charge in [-0.1, -0.05) is 88.4 Å². The molecule has 6 aromatic rings. The lowest BCUT2D eigenvalue weighted by Crippen LogP contribution is -2.56. The predicted octanol–water partition coefficient (Wildman–Crippen LogP) is 10.4. The number of amides is 4. The summed E-state index contributed by atoms with van der Waals surface area (Å²) in [5.74, 6) is -1.18. The number of aromatic nitrogens is 4. The molecule has 1 spiro atoms. The molecule has 8 unspecified atom stereocenters. The van der Waals surface area contributed by atoms with Crippen LogP contribution in [0.3, 0.4) is 0 Å². The van der Waals surface area contributed by atoms with Gasteiger partial charge in [0.05, 0.1) is 42.1 Å². The van der Waals surface area contributed by atoms with Gasteiger partial charge in [0.2, 0.25) is 11.8 Å². The van der Waals surface area contributed by atoms with Gasteiger partial charge in [0.15, 0.2) is 0 Å². The molecule has 12 rings (SSSR count). The number of hydrogen-bond acceptors (Lipinski definition) is 8. The number of imidazole rings is 2. The maximum absolute atomic E-state index is 16.8. The van der Waals surface area contributed by atoms with Crippen molar-refractivity contribution in [2.24, 2.45) is 35.0 Å². The van der Waals surface area contributed by atoms with Crippen LogP contribution in [-0.2, 0) is 31.6 Å². The SMILES string of the molecule is COC(=O)NC(C(=O)N1C(c2nc3ccc(-c4ccc5c(c4)C(F)(F)c4cc(-c6cnc(C7CC8(CC8)CN7C(=O)C(NC(=O)OCc7ccccc7)C(C)C)[nH]6)ccc4-5)cc3[nH]2)CC2C3CCC1C32)C(C)C. The molecule has 4 N–H and O–H groups in total. The topological polar surface area (TPSA) is 175 Å². The molecule has 2 aliphatic heterocycles. The van der Waals surface area contributed by atoms with Gasteiger partial charge in [-0.25, -0.2) is 19.6 Å². The lowest BCUT2D eigenvalue weighted by molar-refractivity contribution is -0.142. The van der Waals surface area contributed by atoms with Crippen molar-refractivity contribution in [1.82, 2.24) is 40.4 Å². The number of alkyl halides is 2. The number of ether oxygens (including phenoxy) is 2. The van der Waals surface area contributed by atoms with E-state index < -0.39 is 30.2 Å². The number of methoxy groups -OCH3 is 1. The van der Waals surface area contributed by atoms with Crippen LogP contribution < -0.4 is 10.6 Å². The Morgan fingerprint density at radius 2 is 1.44 bits per heavy atom. The molecule has 378 valence electrons. The number of hydrogen-bond donors (Lipinski definition) is 4. The van der Waals surface area contributed by atoms with Gasteiger partial charge in [-0.15, -0.1) is 0 Å². The lowest BCUT2D eigenvalue weighted by Gasteiger charge is -2.43. The van der Waals surface area contributed by atoms with E-state index in [1.165, 1.54) is 13.2 Å². The summed E-state index contributed by atoms with van der Waals surface area (Å²) in [4.78, 5) is 74.6. The fourth-order valence-electron chi connectivity index (χ4n) is 12.9. The average molecular weight is 991 g/mol. The molecule has 6 aliphatic rings. The molecule has 14 nitrogen and oxygen atoms in total. The van der Waals surface area contributed by atoms with E-state index in [2.05, 4.69) is 20.6 Å². The first-order valence-electron chi connectivity index (χ1n) is 25.8. The van der Waals surface area contributed by atoms with Crippen molar-refractivity contribution in [3.8, 4) is 33.5 Å². The highest BCUT2D eigenvalue weighted by Gasteiger charge is 2.65. The monoisotopic (exact) mass is 990 g/mol. The first-order chi connectivity index (χ1) is 35.1. The highest BCUT2D eigenvalue weighted by atomic mass is 19.3. The molecule has 2 aromatic heterocycles. The van der Waals surface area contributed by atoms with Crippen LogP contribution in [0.4, 0.5) is 18.4 Å². The number of carbonyl (C=O) groups is 4. The van der Waals surface area contributed by atoms with Crippen LogP contribution in [0.2, 0.25) is 0 Å². The normalized spacial score (nSPS) is 24.3. The van der Waals surface area contributed by atoms with Crippen molar-refractivity contribution in [2.45, 2.75) is 109 Å². The Bertz CT molecular complexity index is 3180. The number of fused-ring (bicyclic) bond motifs is 5. The van der Waals surface area contributed by atoms with Crippen molar-refractivity contribution in [2.75, 3.05) is 13.7 Å². The number of rotatable bonds is 12. The third-order valence-corrected chi connectivity index (χ3v) is 17.0. The van der Waals surface area contributed by atoms with E-state index in [-0.39, 0.29) is 64.9 Å². The van der Waals surface area contributed by atoms with Gasteiger partial charge in [0.1, 0.15) is 30.3 Å². The molecule has 73 heavy (non-hydrogen) atoms. The number of H-pyrrole nitrogens is 2. The van der Waals surface area contributed by atoms with Crippen molar-refractivity contribution >= 4 is 35.0 Å². The van der Waals surface area contributed by atoms with Crippen LogP contribution in [0, 0.1) is 35.0 Å². The molecule has 8 atom stereocenters. The first-order valence-corrected chi connectivity index (χ1v) is 25.8. The van der Waals surface area contributed by atoms with Crippen molar-refractivity contribution in [1.29, 1.82) is 0 Å². The Balaban J connectivity index is 0.772. The van der Waals surface area contributed by atoms with Crippen molar-refractivity contribution in [3.05, 3.63) is 119 Å². The molecule has 16 heteroatoms. The summed E-state index contributed by atoms with van der Waals surface area (Å²) in [6.07, 6.45) is 5.82. The number of nitrogens with one attached hydrogen (secondary N) is 4. The van der Waals surface area contributed by atoms with Gasteiger partial charge < -0.3 is 39.9 Å². The molecule has 4 aliphatic carbocycles. The summed E-state index contributed by atoms with van der Waals surface area (Å²) in [5, 5.41) is 5.61. The van der Waals surface area contributed by atoms with Crippen LogP contribution in [-0.4, -0.2) is 85.5 Å². The van der Waals surface area contributed by atoms with E-state index in [9.17, 15) is 19.2 Å². The zero-order valence-corrected chi connectivity index (χ0v) is 41.6. The van der Waals surface area contributed by atoms with E-state index in [1.54, 1.807) is 24.4 Å². The number of nitrogens with zero attached hydrogens (tertiary/aromatic N) is 4. The van der Waals surface area contributed by atoms with E-state index in [1.807, 2.05) is 98.2 Å². The Morgan fingerprint density at radius 1 is 0.767 bits per heavy atom. The summed E-state index contributed by atoms with van der Waals surface area (Å²) >= 11 is 0. The van der Waals surface area contributed by atoms with Gasteiger partial charge in [0, 0.05) is 29.3 Å². The molecule has 4 aromatic carbocycles. The lowest BCUT2D eigenvalue weighted by atomic mass is 9.90. The minimum absolute atomic E-state index is 0.0154. The van der Waals surface area contributed by atoms with Crippen molar-refractivity contribution in [3.63, 3.8) is 0 Å². The van der Waals surface area contributed by atoms with Crippen LogP contribution in [0.15, 0.2) is 91.1 Å². The minimum atomic E-state index is -3.30. The number of piperidine rings is 1. The Morgan fingerprint density at radius 3 is 2.15 bits per heavy atom. The summed E-state index contributed by atoms with van der Waals surface area (Å²) < 4.78 is 44.1. The standard InChI is InChI=1S/C57H60F2N8O6/c1-29(2)48(65-55(71)73-27-31-9-7-6-8-10-31)52(68)66-28-56(19-20-56)25-46(66)50-60-26-43(63-50)34-12-15-36-35-14-11-32(21-39(35)57(58,59)40(36)22-34)33-13-17-41-42(23-33)62-51(61-41)45-24-38-37-16-18-44(47(37)38)67(45)53(69)49(30(3)4)64-54(70)72-5/h6-15,17,21-23,26,29-30,37-38,44-49H,16,18-20,24-25,27-28H2,1-5H3,(H,60,63)(H,61,62)(H,64,70)(H,65,71). The number of alkyl carbamates (subject to hydrolysis) is 2. The molecule has 0 bridgehead atoms. The summed E-state index contributed by atoms with van der Waals surface area (Å²) in [6.45, 7) is 8.23. The second kappa shape index (κ2) is 17.5. The number of halogens is 2. The Kier molecular flexibility index (Phi) is 11.3. The number of aromatic amines is 2. The van der Waals surface area contributed by atoms with E-state index in [0.29, 0.717) is 75.8 Å². The van der Waals surface area contributed by atoms with Crippen LogP contribution in [0.5, 0.6) is 0 Å². The van der Waals surface area contributed by atoms with Gasteiger partial charge in [-0.3, -0.25) is 9.59 Å². The molecule has 4 heterocycles. The van der Waals surface area contributed by atoms with E-state index >= 15 is 8.78 Å². The number of likely N-dealkylation sites (tertiary alicyclic amines) is 2. The summed E-state index contributed by atoms with van der Waals surface area (Å²) in [5.41, 5.74) is 5.51. The predicted molar refractivity (Wildman–Crippen MR) is 269 cm³/mol. The van der Waals surface area contributed by atoms with Crippen molar-refractivity contribution < 1.29 is 37.4 Å². The van der Waals surface area contributed by atoms with Crippen LogP contribution in [0.25, 0.3) is 44.5 Å². The highest BCUT2D eigenvalue weighted by Crippen LogP contribution is 2.66. The minimum Gasteiger partial charge on any atom is -0.453 e. The van der Waals surface area contributed by atoms with Crippen LogP contribution >= 0.6 is 0 Å². The smallest absolute Gasteiger partial charge is 0.408 e. The Labute approximate surface area is 422 Å². The molecule has 5 fully saturated rings. The van der Waals surface area contributed by atoms with Gasteiger partial charge >= 0.3 is 12.2 Å². The fourth-order valence-corrected chi connectivity index (χ4v) is 12.9. The van der Waals surface area contributed by atoms with E-state index in [0.717, 1.165) is 48.7 Å².